The molecule has 0 aromatic rings. The molecule has 5 aliphatic rings. The minimum Gasteiger partial charge on any atom is -0.306 e. The Kier molecular flexibility index (Phi) is 7.33. The highest BCUT2D eigenvalue weighted by Crippen LogP contribution is 2.44. The Balaban J connectivity index is 0.000000165. The second-order valence-electron chi connectivity index (χ2n) is 14.3. The van der Waals surface area contributed by atoms with Gasteiger partial charge in [0, 0.05) is 68.5 Å². The maximum absolute atomic E-state index is 2.81. The van der Waals surface area contributed by atoms with E-state index in [0.29, 0.717) is 22.0 Å². The van der Waals surface area contributed by atoms with Gasteiger partial charge in [-0.15, -0.1) is 0 Å². The fraction of sp³-hybridized carbons (Fsp3) is 1.00. The van der Waals surface area contributed by atoms with Crippen molar-refractivity contribution < 1.29 is 0 Å². The third kappa shape index (κ3) is 5.97. The van der Waals surface area contributed by atoms with E-state index in [4.69, 9.17) is 0 Å². The van der Waals surface area contributed by atoms with Gasteiger partial charge in [0.25, 0.3) is 0 Å². The highest BCUT2D eigenvalue weighted by atomic mass is 15.3. The average Bonchev–Trinajstić information content (AvgIpc) is 3.22. The molecule has 0 aromatic heterocycles. The number of nitrogens with zero attached hydrogens (tertiary/aromatic N) is 5. The number of likely N-dealkylation sites (tertiary alicyclic amines) is 3. The van der Waals surface area contributed by atoms with Crippen LogP contribution in [-0.4, -0.2) is 120 Å². The summed E-state index contributed by atoms with van der Waals surface area (Å²) in [7, 11) is 4.58. The van der Waals surface area contributed by atoms with Crippen molar-refractivity contribution in [3.8, 4) is 0 Å². The van der Waals surface area contributed by atoms with Crippen LogP contribution in [0.15, 0.2) is 0 Å². The highest BCUT2D eigenvalue weighted by molar-refractivity contribution is 5.08. The molecular weight excluding hydrogens is 406 g/mol. The molecule has 5 heteroatoms. The molecule has 0 radical (unpaired) electrons. The predicted molar refractivity (Wildman–Crippen MR) is 141 cm³/mol. The molecule has 33 heavy (non-hydrogen) atoms. The molecule has 1 aliphatic carbocycles. The van der Waals surface area contributed by atoms with Crippen molar-refractivity contribution in [1.82, 2.24) is 24.5 Å². The SMILES string of the molecule is CN1CCC2(CCN(C(C)(C)C)C2)C1.CN1CCN(C2CCN(C(C)(C)C)CC2)CC12CC2. The molecule has 1 saturated carbocycles. The van der Waals surface area contributed by atoms with Crippen LogP contribution in [0.4, 0.5) is 0 Å². The molecule has 0 amide bonds. The van der Waals surface area contributed by atoms with Gasteiger partial charge in [0.2, 0.25) is 0 Å². The van der Waals surface area contributed by atoms with Gasteiger partial charge in [0.05, 0.1) is 0 Å². The summed E-state index contributed by atoms with van der Waals surface area (Å²) in [6, 6.07) is 0.852. The van der Waals surface area contributed by atoms with E-state index in [-0.39, 0.29) is 0 Å². The van der Waals surface area contributed by atoms with E-state index in [1.165, 1.54) is 97.4 Å². The van der Waals surface area contributed by atoms with Crippen LogP contribution >= 0.6 is 0 Å². The molecule has 5 rings (SSSR count). The first-order valence-corrected chi connectivity index (χ1v) is 14.0. The van der Waals surface area contributed by atoms with Crippen molar-refractivity contribution >= 4 is 0 Å². The van der Waals surface area contributed by atoms with Gasteiger partial charge in [0.15, 0.2) is 0 Å². The van der Waals surface area contributed by atoms with Gasteiger partial charge in [-0.2, -0.15) is 0 Å². The molecule has 0 aromatic carbocycles. The largest absolute Gasteiger partial charge is 0.306 e. The molecule has 1 unspecified atom stereocenters. The number of hydrogen-bond acceptors (Lipinski definition) is 5. The third-order valence-corrected chi connectivity index (χ3v) is 9.80. The molecule has 192 valence electrons. The molecule has 1 atom stereocenters. The molecule has 5 fully saturated rings. The summed E-state index contributed by atoms with van der Waals surface area (Å²) in [4.78, 5) is 13.2. The van der Waals surface area contributed by atoms with Crippen LogP contribution < -0.4 is 0 Å². The highest BCUT2D eigenvalue weighted by Gasteiger charge is 2.50. The number of hydrogen-bond donors (Lipinski definition) is 0. The quantitative estimate of drug-likeness (QED) is 0.588. The first-order chi connectivity index (χ1) is 15.3. The molecule has 4 heterocycles. The summed E-state index contributed by atoms with van der Waals surface area (Å²) in [6.07, 6.45) is 8.43. The molecule has 4 aliphatic heterocycles. The summed E-state index contributed by atoms with van der Waals surface area (Å²) in [5.41, 5.74) is 1.94. The van der Waals surface area contributed by atoms with Crippen LogP contribution in [0.2, 0.25) is 0 Å². The fourth-order valence-electron chi connectivity index (χ4n) is 6.99. The average molecular weight is 462 g/mol. The summed E-state index contributed by atoms with van der Waals surface area (Å²) in [5.74, 6) is 0. The maximum Gasteiger partial charge on any atom is 0.0335 e. The van der Waals surface area contributed by atoms with Crippen molar-refractivity contribution in [2.24, 2.45) is 5.41 Å². The maximum atomic E-state index is 2.81. The minimum absolute atomic E-state index is 0.352. The van der Waals surface area contributed by atoms with Gasteiger partial charge in [-0.25, -0.2) is 0 Å². The molecule has 5 nitrogen and oxygen atoms in total. The lowest BCUT2D eigenvalue weighted by molar-refractivity contribution is 0.0105. The minimum atomic E-state index is 0.352. The van der Waals surface area contributed by atoms with Crippen LogP contribution in [0.3, 0.4) is 0 Å². The van der Waals surface area contributed by atoms with Crippen LogP contribution in [0.5, 0.6) is 0 Å². The van der Waals surface area contributed by atoms with Crippen molar-refractivity contribution in [3.63, 3.8) is 0 Å². The Hall–Kier alpha value is -0.200. The second kappa shape index (κ2) is 9.35. The van der Waals surface area contributed by atoms with Gasteiger partial charge in [-0.1, -0.05) is 0 Å². The summed E-state index contributed by atoms with van der Waals surface area (Å²) in [6.45, 7) is 25.8. The number of piperazine rings is 1. The van der Waals surface area contributed by atoms with Crippen LogP contribution in [0, 0.1) is 5.41 Å². The van der Waals surface area contributed by atoms with E-state index in [1.807, 2.05) is 0 Å². The summed E-state index contributed by atoms with van der Waals surface area (Å²) >= 11 is 0. The topological polar surface area (TPSA) is 16.2 Å². The lowest BCUT2D eigenvalue weighted by atomic mass is 9.86. The number of likely N-dealkylation sites (N-methyl/N-ethyl adjacent to an activating group) is 1. The van der Waals surface area contributed by atoms with E-state index in [1.54, 1.807) is 0 Å². The van der Waals surface area contributed by atoms with Gasteiger partial charge < -0.3 is 4.90 Å². The zero-order valence-electron chi connectivity index (χ0n) is 23.4. The number of piperidine rings is 1. The van der Waals surface area contributed by atoms with Crippen LogP contribution in [0.25, 0.3) is 0 Å². The lowest BCUT2D eigenvalue weighted by Gasteiger charge is -2.48. The zero-order valence-corrected chi connectivity index (χ0v) is 23.4. The fourth-order valence-corrected chi connectivity index (χ4v) is 6.99. The Morgan fingerprint density at radius 2 is 1.21 bits per heavy atom. The number of rotatable bonds is 1. The molecule has 2 spiro atoms. The first-order valence-electron chi connectivity index (χ1n) is 14.0. The Morgan fingerprint density at radius 3 is 1.70 bits per heavy atom. The van der Waals surface area contributed by atoms with E-state index in [9.17, 15) is 0 Å². The van der Waals surface area contributed by atoms with Crippen molar-refractivity contribution in [3.05, 3.63) is 0 Å². The van der Waals surface area contributed by atoms with Gasteiger partial charge in [-0.3, -0.25) is 19.6 Å². The molecule has 0 N–H and O–H groups in total. The van der Waals surface area contributed by atoms with E-state index >= 15 is 0 Å². The zero-order chi connectivity index (χ0) is 24.1. The Bertz CT molecular complexity index is 652. The third-order valence-electron chi connectivity index (χ3n) is 9.80. The van der Waals surface area contributed by atoms with Gasteiger partial charge >= 0.3 is 0 Å². The molecular formula is C28H55N5. The lowest BCUT2D eigenvalue weighted by Crippen LogP contribution is -2.58. The van der Waals surface area contributed by atoms with E-state index < -0.39 is 0 Å². The smallest absolute Gasteiger partial charge is 0.0335 e. The standard InChI is InChI=1S/C16H31N3.C12H24N2/c1-15(2,3)19-9-5-14(6-10-19)18-12-11-17(4)16(13-18)7-8-16;1-11(2,3)14-8-6-12(10-14)5-7-13(4)9-12/h14H,5-13H2,1-4H3;5-10H2,1-4H3. The van der Waals surface area contributed by atoms with Crippen molar-refractivity contribution in [2.45, 2.75) is 103 Å². The van der Waals surface area contributed by atoms with Crippen LogP contribution in [0.1, 0.15) is 80.1 Å². The van der Waals surface area contributed by atoms with Crippen molar-refractivity contribution in [2.75, 3.05) is 73.0 Å². The first kappa shape index (κ1) is 25.9. The van der Waals surface area contributed by atoms with Crippen molar-refractivity contribution in [1.29, 1.82) is 0 Å². The van der Waals surface area contributed by atoms with E-state index in [2.05, 4.69) is 80.1 Å². The van der Waals surface area contributed by atoms with Crippen LogP contribution in [-0.2, 0) is 0 Å². The normalized spacial score (nSPS) is 33.1. The van der Waals surface area contributed by atoms with Gasteiger partial charge in [0.1, 0.15) is 0 Å². The monoisotopic (exact) mass is 461 g/mol. The Morgan fingerprint density at radius 1 is 0.606 bits per heavy atom. The summed E-state index contributed by atoms with van der Waals surface area (Å²) in [5, 5.41) is 0. The predicted octanol–water partition coefficient (Wildman–Crippen LogP) is 3.84. The molecule has 0 bridgehead atoms. The van der Waals surface area contributed by atoms with Gasteiger partial charge in [-0.05, 0) is 113 Å². The second-order valence-corrected chi connectivity index (χ2v) is 14.3. The Labute approximate surface area is 205 Å². The summed E-state index contributed by atoms with van der Waals surface area (Å²) < 4.78 is 0. The van der Waals surface area contributed by atoms with E-state index in [0.717, 1.165) is 6.04 Å². The molecule has 4 saturated heterocycles.